The van der Waals surface area contributed by atoms with Crippen LogP contribution >= 0.6 is 0 Å². The van der Waals surface area contributed by atoms with E-state index in [-0.39, 0.29) is 12.4 Å². The lowest BCUT2D eigenvalue weighted by atomic mass is 10.1. The molecule has 1 rings (SSSR count). The molecule has 0 heterocycles. The molecule has 0 aromatic heterocycles. The average molecular weight is 179 g/mol. The minimum atomic E-state index is -0.266. The maximum atomic E-state index is 11.0. The molecule has 0 aliphatic carbocycles. The molecule has 0 amide bonds. The fourth-order valence-corrected chi connectivity index (χ4v) is 1.12. The Hall–Kier alpha value is -1.51. The van der Waals surface area contributed by atoms with Gasteiger partial charge >= 0.3 is 5.97 Å². The van der Waals surface area contributed by atoms with Gasteiger partial charge in [-0.1, -0.05) is 17.7 Å². The first kappa shape index (κ1) is 9.58. The smallest absolute Gasteiger partial charge is 0.310 e. The van der Waals surface area contributed by atoms with E-state index in [1.54, 1.807) is 6.07 Å². The minimum Gasteiger partial charge on any atom is -0.469 e. The lowest BCUT2D eigenvalue weighted by molar-refractivity contribution is -0.139. The molecule has 0 unspecified atom stereocenters. The van der Waals surface area contributed by atoms with Crippen LogP contribution in [-0.4, -0.2) is 13.1 Å². The predicted octanol–water partition coefficient (Wildman–Crippen LogP) is 1.29. The third-order valence-electron chi connectivity index (χ3n) is 1.86. The van der Waals surface area contributed by atoms with Gasteiger partial charge in [0.15, 0.2) is 0 Å². The number of aryl methyl sites for hydroxylation is 1. The number of hydrogen-bond acceptors (Lipinski definition) is 3. The van der Waals surface area contributed by atoms with Gasteiger partial charge in [0.1, 0.15) is 0 Å². The monoisotopic (exact) mass is 179 g/mol. The zero-order valence-electron chi connectivity index (χ0n) is 7.83. The number of methoxy groups -OCH3 is 1. The van der Waals surface area contributed by atoms with E-state index in [0.29, 0.717) is 5.69 Å². The van der Waals surface area contributed by atoms with Gasteiger partial charge in [0.05, 0.1) is 13.5 Å². The first-order chi connectivity index (χ1) is 6.13. The highest BCUT2D eigenvalue weighted by Crippen LogP contribution is 2.14. The van der Waals surface area contributed by atoms with Crippen molar-refractivity contribution in [2.24, 2.45) is 0 Å². The van der Waals surface area contributed by atoms with E-state index < -0.39 is 0 Å². The van der Waals surface area contributed by atoms with Crippen molar-refractivity contribution in [1.82, 2.24) is 0 Å². The van der Waals surface area contributed by atoms with Crippen LogP contribution in [0, 0.1) is 6.92 Å². The Morgan fingerprint density at radius 3 is 2.85 bits per heavy atom. The zero-order chi connectivity index (χ0) is 9.84. The number of benzene rings is 1. The van der Waals surface area contributed by atoms with Crippen LogP contribution in [-0.2, 0) is 16.0 Å². The van der Waals surface area contributed by atoms with Crippen molar-refractivity contribution in [3.63, 3.8) is 0 Å². The molecule has 0 bridgehead atoms. The number of carbonyl (C=O) groups is 1. The molecular formula is C10H13NO2. The molecule has 0 fully saturated rings. The van der Waals surface area contributed by atoms with Gasteiger partial charge in [-0.25, -0.2) is 0 Å². The molecule has 2 N–H and O–H groups in total. The summed E-state index contributed by atoms with van der Waals surface area (Å²) in [5, 5.41) is 0. The Balaban J connectivity index is 2.87. The van der Waals surface area contributed by atoms with E-state index in [4.69, 9.17) is 5.73 Å². The maximum Gasteiger partial charge on any atom is 0.310 e. The first-order valence-electron chi connectivity index (χ1n) is 4.05. The molecule has 0 aliphatic rings. The normalized spacial score (nSPS) is 9.69. The van der Waals surface area contributed by atoms with Crippen molar-refractivity contribution >= 4 is 11.7 Å². The maximum absolute atomic E-state index is 11.0. The predicted molar refractivity (Wildman–Crippen MR) is 51.3 cm³/mol. The number of rotatable bonds is 2. The second kappa shape index (κ2) is 3.94. The molecule has 13 heavy (non-hydrogen) atoms. The van der Waals surface area contributed by atoms with Gasteiger partial charge in [0, 0.05) is 5.69 Å². The number of esters is 1. The number of ether oxygens (including phenoxy) is 1. The quantitative estimate of drug-likeness (QED) is 0.549. The fraction of sp³-hybridized carbons (Fsp3) is 0.300. The van der Waals surface area contributed by atoms with Gasteiger partial charge in [-0.05, 0) is 18.6 Å². The van der Waals surface area contributed by atoms with Crippen molar-refractivity contribution in [3.8, 4) is 0 Å². The molecule has 3 heteroatoms. The second-order valence-corrected chi connectivity index (χ2v) is 2.96. The molecule has 0 atom stereocenters. The van der Waals surface area contributed by atoms with E-state index in [2.05, 4.69) is 4.74 Å². The Kier molecular flexibility index (Phi) is 2.90. The number of anilines is 1. The van der Waals surface area contributed by atoms with Crippen molar-refractivity contribution < 1.29 is 9.53 Å². The molecule has 0 saturated carbocycles. The number of nitrogen functional groups attached to an aromatic ring is 1. The third-order valence-corrected chi connectivity index (χ3v) is 1.86. The number of nitrogens with two attached hydrogens (primary N) is 1. The van der Waals surface area contributed by atoms with Gasteiger partial charge in [-0.2, -0.15) is 0 Å². The highest BCUT2D eigenvalue weighted by molar-refractivity contribution is 5.74. The van der Waals surface area contributed by atoms with Crippen LogP contribution in [0.1, 0.15) is 11.1 Å². The summed E-state index contributed by atoms with van der Waals surface area (Å²) in [6.07, 6.45) is 0.240. The molecule has 1 aromatic carbocycles. The summed E-state index contributed by atoms with van der Waals surface area (Å²) < 4.78 is 4.55. The summed E-state index contributed by atoms with van der Waals surface area (Å²) in [5.74, 6) is -0.266. The Morgan fingerprint density at radius 1 is 1.54 bits per heavy atom. The van der Waals surface area contributed by atoms with Crippen LogP contribution in [0.25, 0.3) is 0 Å². The van der Waals surface area contributed by atoms with Crippen LogP contribution in [0.4, 0.5) is 5.69 Å². The summed E-state index contributed by atoms with van der Waals surface area (Å²) in [5.41, 5.74) is 8.24. The van der Waals surface area contributed by atoms with E-state index in [1.165, 1.54) is 7.11 Å². The fourth-order valence-electron chi connectivity index (χ4n) is 1.12. The number of hydrogen-bond donors (Lipinski definition) is 1. The van der Waals surface area contributed by atoms with Gasteiger partial charge in [0.2, 0.25) is 0 Å². The lowest BCUT2D eigenvalue weighted by Gasteiger charge is -2.04. The van der Waals surface area contributed by atoms with Crippen molar-refractivity contribution in [3.05, 3.63) is 29.3 Å². The third kappa shape index (κ3) is 2.47. The van der Waals surface area contributed by atoms with Gasteiger partial charge in [-0.15, -0.1) is 0 Å². The molecule has 1 aromatic rings. The van der Waals surface area contributed by atoms with Gasteiger partial charge < -0.3 is 10.5 Å². The topological polar surface area (TPSA) is 52.3 Å². The van der Waals surface area contributed by atoms with Crippen LogP contribution in [0.2, 0.25) is 0 Å². The molecule has 0 spiro atoms. The highest BCUT2D eigenvalue weighted by Gasteiger charge is 2.05. The summed E-state index contributed by atoms with van der Waals surface area (Å²) >= 11 is 0. The summed E-state index contributed by atoms with van der Waals surface area (Å²) in [4.78, 5) is 11.0. The Morgan fingerprint density at radius 2 is 2.23 bits per heavy atom. The van der Waals surface area contributed by atoms with Gasteiger partial charge in [-0.3, -0.25) is 4.79 Å². The van der Waals surface area contributed by atoms with E-state index >= 15 is 0 Å². The molecule has 0 aliphatic heterocycles. The molecular weight excluding hydrogens is 166 g/mol. The van der Waals surface area contributed by atoms with Crippen LogP contribution in [0.3, 0.4) is 0 Å². The second-order valence-electron chi connectivity index (χ2n) is 2.96. The Labute approximate surface area is 77.5 Å². The highest BCUT2D eigenvalue weighted by atomic mass is 16.5. The van der Waals surface area contributed by atoms with E-state index in [9.17, 15) is 4.79 Å². The minimum absolute atomic E-state index is 0.240. The number of carbonyl (C=O) groups excluding carboxylic acids is 1. The Bertz CT molecular complexity index is 321. The van der Waals surface area contributed by atoms with Crippen molar-refractivity contribution in [1.29, 1.82) is 0 Å². The van der Waals surface area contributed by atoms with E-state index in [1.807, 2.05) is 19.1 Å². The summed E-state index contributed by atoms with van der Waals surface area (Å²) in [7, 11) is 1.37. The van der Waals surface area contributed by atoms with Crippen LogP contribution in [0.15, 0.2) is 18.2 Å². The van der Waals surface area contributed by atoms with Crippen LogP contribution < -0.4 is 5.73 Å². The standard InChI is InChI=1S/C10H13NO2/c1-7-3-4-9(11)8(5-7)6-10(12)13-2/h3-5H,6,11H2,1-2H3. The van der Waals surface area contributed by atoms with Crippen molar-refractivity contribution in [2.75, 3.05) is 12.8 Å². The van der Waals surface area contributed by atoms with E-state index in [0.717, 1.165) is 11.1 Å². The first-order valence-corrected chi connectivity index (χ1v) is 4.05. The van der Waals surface area contributed by atoms with Crippen molar-refractivity contribution in [2.45, 2.75) is 13.3 Å². The molecule has 70 valence electrons. The van der Waals surface area contributed by atoms with Crippen LogP contribution in [0.5, 0.6) is 0 Å². The van der Waals surface area contributed by atoms with Gasteiger partial charge in [0.25, 0.3) is 0 Å². The SMILES string of the molecule is COC(=O)Cc1cc(C)ccc1N. The molecule has 0 saturated heterocycles. The largest absolute Gasteiger partial charge is 0.469 e. The summed E-state index contributed by atoms with van der Waals surface area (Å²) in [6.45, 7) is 1.96. The average Bonchev–Trinajstić information content (AvgIpc) is 2.11. The lowest BCUT2D eigenvalue weighted by Crippen LogP contribution is -2.06. The molecule has 3 nitrogen and oxygen atoms in total. The molecule has 0 radical (unpaired) electrons. The summed E-state index contributed by atoms with van der Waals surface area (Å²) in [6, 6.07) is 5.61. The zero-order valence-corrected chi connectivity index (χ0v) is 7.83.